The van der Waals surface area contributed by atoms with Crippen LogP contribution in [0.25, 0.3) is 0 Å². The molecule has 1 heterocycles. The van der Waals surface area contributed by atoms with E-state index in [9.17, 15) is 57.8 Å². The predicted molar refractivity (Wildman–Crippen MR) is 276 cm³/mol. The van der Waals surface area contributed by atoms with Gasteiger partial charge >= 0.3 is 0 Å². The van der Waals surface area contributed by atoms with E-state index in [1.54, 1.807) is 44.2 Å². The summed E-state index contributed by atoms with van der Waals surface area (Å²) in [4.78, 5) is 147. The summed E-state index contributed by atoms with van der Waals surface area (Å²) < 4.78 is 0. The molecule has 1 aliphatic rings. The second kappa shape index (κ2) is 30.7. The van der Waals surface area contributed by atoms with Crippen molar-refractivity contribution in [3.8, 4) is 5.75 Å². The van der Waals surface area contributed by atoms with E-state index in [0.29, 0.717) is 24.0 Å². The Kier molecular flexibility index (Phi) is 25.4. The maximum absolute atomic E-state index is 14.4. The van der Waals surface area contributed by atoms with Crippen LogP contribution in [0.3, 0.4) is 0 Å². The predicted octanol–water partition coefficient (Wildman–Crippen LogP) is -4.68. The summed E-state index contributed by atoms with van der Waals surface area (Å²) in [7, 11) is 0. The zero-order chi connectivity index (χ0) is 55.1. The van der Waals surface area contributed by atoms with Crippen molar-refractivity contribution in [2.24, 2.45) is 28.9 Å². The van der Waals surface area contributed by atoms with E-state index in [0.717, 1.165) is 5.37 Å². The van der Waals surface area contributed by atoms with Gasteiger partial charge in [0, 0.05) is 30.5 Å². The molecule has 0 bridgehead atoms. The van der Waals surface area contributed by atoms with Gasteiger partial charge in [-0.25, -0.2) is 0 Å². The van der Waals surface area contributed by atoms with Crippen LogP contribution in [0.1, 0.15) is 57.1 Å². The number of likely N-dealkylation sites (tertiary alicyclic amines) is 1. The number of amides is 11. The summed E-state index contributed by atoms with van der Waals surface area (Å²) in [5, 5.41) is 30.7. The quantitative estimate of drug-likeness (QED) is 0.0258. The zero-order valence-corrected chi connectivity index (χ0v) is 42.7. The van der Waals surface area contributed by atoms with Gasteiger partial charge in [-0.3, -0.25) is 52.7 Å². The van der Waals surface area contributed by atoms with Crippen molar-refractivity contribution in [1.29, 1.82) is 0 Å². The number of carbonyl (C=O) groups is 11. The average Bonchev–Trinajstić information content (AvgIpc) is 3.87. The molecule has 25 nitrogen and oxygen atoms in total. The molecule has 8 unspecified atom stereocenters. The topological polar surface area (TPSA) is 412 Å². The molecular weight excluding hydrogens is 1000 g/mol. The lowest BCUT2D eigenvalue weighted by molar-refractivity contribution is -0.142. The molecule has 0 aliphatic carbocycles. The molecule has 17 N–H and O–H groups in total. The fourth-order valence-electron chi connectivity index (χ4n) is 7.60. The van der Waals surface area contributed by atoms with Crippen LogP contribution in [0, 0.1) is 5.92 Å². The maximum Gasteiger partial charge on any atom is 0.248 e. The summed E-state index contributed by atoms with van der Waals surface area (Å²) in [5.41, 5.74) is 22.8. The van der Waals surface area contributed by atoms with Crippen molar-refractivity contribution in [2.75, 3.05) is 31.9 Å². The number of nitrogens with one attached hydrogen (secondary N) is 8. The number of phenols is 1. The number of rotatable bonds is 30. The third-order valence-electron chi connectivity index (χ3n) is 11.6. The van der Waals surface area contributed by atoms with E-state index in [1.165, 1.54) is 29.2 Å². The van der Waals surface area contributed by atoms with Gasteiger partial charge in [-0.1, -0.05) is 68.5 Å². The van der Waals surface area contributed by atoms with Gasteiger partial charge in [-0.15, -0.1) is 0 Å². The van der Waals surface area contributed by atoms with E-state index >= 15 is 0 Å². The Balaban J connectivity index is 1.86. The van der Waals surface area contributed by atoms with Gasteiger partial charge in [-0.2, -0.15) is 12.6 Å². The van der Waals surface area contributed by atoms with Gasteiger partial charge in [0.15, 0.2) is 0 Å². The minimum atomic E-state index is -1.69. The summed E-state index contributed by atoms with van der Waals surface area (Å²) >= 11 is 9.24. The molecule has 0 aromatic heterocycles. The molecule has 1 aliphatic heterocycles. The molecule has 3 rings (SSSR count). The van der Waals surface area contributed by atoms with Gasteiger partial charge in [0.05, 0.1) is 19.5 Å². The van der Waals surface area contributed by atoms with Crippen molar-refractivity contribution in [2.45, 2.75) is 107 Å². The number of nitrogens with two attached hydrogens (primary N) is 4. The molecule has 404 valence electrons. The van der Waals surface area contributed by atoms with E-state index in [-0.39, 0.29) is 50.3 Å². The Bertz CT molecular complexity index is 2330. The van der Waals surface area contributed by atoms with Crippen molar-refractivity contribution in [3.05, 3.63) is 65.7 Å². The molecule has 2 aromatic rings. The first-order valence-electron chi connectivity index (χ1n) is 23.7. The minimum Gasteiger partial charge on any atom is -0.508 e. The first-order chi connectivity index (χ1) is 35.1. The van der Waals surface area contributed by atoms with Crippen LogP contribution in [0.4, 0.5) is 0 Å². The Morgan fingerprint density at radius 1 is 0.716 bits per heavy atom. The number of nitrogens with zero attached hydrogens (tertiary/aromatic N) is 1. The summed E-state index contributed by atoms with van der Waals surface area (Å²) in [6.07, 6.45) is 0.110. The molecule has 11 amide bonds. The molecule has 1 saturated heterocycles. The summed E-state index contributed by atoms with van der Waals surface area (Å²) in [6, 6.07) is 3.19. The molecule has 27 heteroatoms. The third kappa shape index (κ3) is 19.7. The zero-order valence-electron chi connectivity index (χ0n) is 41.0. The van der Waals surface area contributed by atoms with Gasteiger partial charge in [-0.05, 0) is 61.4 Å². The Morgan fingerprint density at radius 2 is 1.28 bits per heavy atom. The lowest BCUT2D eigenvalue weighted by Crippen LogP contribution is -2.62. The molecule has 2 aromatic carbocycles. The number of benzene rings is 2. The Labute approximate surface area is 438 Å². The number of carbonyl (C=O) groups excluding carboxylic acids is 11. The number of thiol groups is 1. The highest BCUT2D eigenvalue weighted by Gasteiger charge is 2.40. The van der Waals surface area contributed by atoms with Gasteiger partial charge < -0.3 is 75.5 Å². The van der Waals surface area contributed by atoms with Crippen LogP contribution in [-0.2, 0) is 65.6 Å². The highest BCUT2D eigenvalue weighted by atomic mass is 32.1. The molecule has 0 spiro atoms. The van der Waals surface area contributed by atoms with E-state index in [4.69, 9.17) is 35.2 Å². The fourth-order valence-corrected chi connectivity index (χ4v) is 8.04. The number of primary amides is 2. The number of thiocarbonyl (C=S) groups is 1. The summed E-state index contributed by atoms with van der Waals surface area (Å²) in [6.45, 7) is 2.57. The molecular formula is C47H67N13O12S2. The van der Waals surface area contributed by atoms with Crippen molar-refractivity contribution >= 4 is 95.2 Å². The first-order valence-corrected chi connectivity index (χ1v) is 24.8. The Hall–Kier alpha value is -7.23. The van der Waals surface area contributed by atoms with Gasteiger partial charge in [0.2, 0.25) is 65.0 Å². The monoisotopic (exact) mass is 1070 g/mol. The smallest absolute Gasteiger partial charge is 0.248 e. The van der Waals surface area contributed by atoms with Crippen LogP contribution in [-0.4, -0.2) is 161 Å². The maximum atomic E-state index is 14.4. The lowest BCUT2D eigenvalue weighted by atomic mass is 9.99. The van der Waals surface area contributed by atoms with E-state index < -0.39 is 139 Å². The second-order valence-corrected chi connectivity index (χ2v) is 18.3. The highest BCUT2D eigenvalue weighted by Crippen LogP contribution is 2.20. The standard InChI is InChI=1S/C47H67N13O12S2/c1-25(2)39(46(71)57-32(20-36(50)62)42(67)58-34(24-74)47(72)60-17-7-11-35(60)45(70)54-29(40(51)65)10-6-16-48)59-43(68)31(18-26-8-4-3-5-9-26)55-41(66)30(19-27-12-14-28(61)15-13-27)56-44(69)33(23-73)53-38(64)22-52-37(63)21-49/h3-5,8-9,12-15,23,25,29-35,39,61,74H,6-7,10-11,16-22,24,48-49H2,1-2H3,(H2,50,62)(H2,51,65)(H,52,63)(H,53,64)(H,54,70)(H,55,66)(H,56,69)(H,57,71)(H,58,67)(H,59,68). The van der Waals surface area contributed by atoms with Gasteiger partial charge in [0.1, 0.15) is 54.1 Å². The van der Waals surface area contributed by atoms with Crippen LogP contribution < -0.4 is 65.5 Å². The summed E-state index contributed by atoms with van der Waals surface area (Å²) in [5.74, 6) is -10.4. The number of phenolic OH excluding ortho intramolecular Hbond substituents is 1. The average molecular weight is 1070 g/mol. The molecule has 0 radical (unpaired) electrons. The molecule has 1 fully saturated rings. The fraction of sp³-hybridized carbons (Fsp3) is 0.489. The highest BCUT2D eigenvalue weighted by molar-refractivity contribution is 7.80. The van der Waals surface area contributed by atoms with E-state index in [2.05, 4.69) is 55.2 Å². The normalized spacial score (nSPS) is 15.8. The van der Waals surface area contributed by atoms with Crippen molar-refractivity contribution in [1.82, 2.24) is 47.4 Å². The minimum absolute atomic E-state index is 0.0860. The number of hydrogen-bond acceptors (Lipinski definition) is 16. The Morgan fingerprint density at radius 3 is 1.84 bits per heavy atom. The van der Waals surface area contributed by atoms with Crippen LogP contribution in [0.15, 0.2) is 54.6 Å². The van der Waals surface area contributed by atoms with Crippen LogP contribution in [0.2, 0.25) is 0 Å². The van der Waals surface area contributed by atoms with E-state index in [1.807, 2.05) is 0 Å². The largest absolute Gasteiger partial charge is 0.508 e. The van der Waals surface area contributed by atoms with Crippen LogP contribution >= 0.6 is 24.8 Å². The first kappa shape index (κ1) is 61.1. The molecule has 8 atom stereocenters. The lowest BCUT2D eigenvalue weighted by Gasteiger charge is -2.30. The third-order valence-corrected chi connectivity index (χ3v) is 12.2. The van der Waals surface area contributed by atoms with Gasteiger partial charge in [0.25, 0.3) is 0 Å². The van der Waals surface area contributed by atoms with Crippen molar-refractivity contribution < 1.29 is 57.8 Å². The number of aromatic hydroxyl groups is 1. The number of hydrogen-bond donors (Lipinski definition) is 14. The van der Waals surface area contributed by atoms with Crippen molar-refractivity contribution in [3.63, 3.8) is 0 Å². The second-order valence-electron chi connectivity index (χ2n) is 17.6. The molecule has 74 heavy (non-hydrogen) atoms. The van der Waals surface area contributed by atoms with Crippen LogP contribution in [0.5, 0.6) is 5.75 Å². The molecule has 0 saturated carbocycles. The SMILES string of the molecule is CC(C)C(NC(=O)C(Cc1ccccc1)NC(=O)C(Cc1ccc(O)cc1)NC(=O)C(C=S)NC(=O)CNC(=O)CN)C(=O)NC(CC(N)=O)C(=O)NC(CS)C(=O)N1CCCC1C(=O)NC(CCCN)C(N)=O.